The van der Waals surface area contributed by atoms with Crippen molar-refractivity contribution in [3.05, 3.63) is 35.0 Å². The standard InChI is InChI=1S/C18H20N4/c1-18(2)9-19-15-6-12-11-5-3-4-10-8-20-22-16(10)17(11)21-14(12)7-13(15)18/h6-8,19,21H,3-5,9H2,1-2H3,(H,20,22). The van der Waals surface area contributed by atoms with Crippen molar-refractivity contribution in [2.75, 3.05) is 11.9 Å². The molecule has 1 aliphatic carbocycles. The summed E-state index contributed by atoms with van der Waals surface area (Å²) >= 11 is 0. The van der Waals surface area contributed by atoms with Crippen molar-refractivity contribution in [3.8, 4) is 11.4 Å². The summed E-state index contributed by atoms with van der Waals surface area (Å²) < 4.78 is 0. The predicted octanol–water partition coefficient (Wildman–Crippen LogP) is 3.75. The summed E-state index contributed by atoms with van der Waals surface area (Å²) in [6.45, 7) is 5.62. The minimum atomic E-state index is 0.200. The first-order valence-electron chi connectivity index (χ1n) is 8.09. The Morgan fingerprint density at radius 1 is 1.14 bits per heavy atom. The molecule has 0 saturated heterocycles. The normalized spacial score (nSPS) is 18.5. The molecule has 112 valence electrons. The van der Waals surface area contributed by atoms with E-state index in [1.807, 2.05) is 6.20 Å². The molecule has 2 aromatic heterocycles. The van der Waals surface area contributed by atoms with Gasteiger partial charge in [0.15, 0.2) is 0 Å². The quantitative estimate of drug-likeness (QED) is 0.591. The van der Waals surface area contributed by atoms with E-state index in [1.54, 1.807) is 0 Å². The number of rotatable bonds is 0. The maximum atomic E-state index is 4.24. The van der Waals surface area contributed by atoms with Gasteiger partial charge in [0, 0.05) is 28.6 Å². The van der Waals surface area contributed by atoms with E-state index in [0.717, 1.165) is 19.4 Å². The molecule has 0 atom stereocenters. The van der Waals surface area contributed by atoms with Gasteiger partial charge in [0.25, 0.3) is 0 Å². The summed E-state index contributed by atoms with van der Waals surface area (Å²) in [7, 11) is 0. The molecule has 0 saturated carbocycles. The van der Waals surface area contributed by atoms with E-state index >= 15 is 0 Å². The van der Waals surface area contributed by atoms with E-state index < -0.39 is 0 Å². The van der Waals surface area contributed by atoms with Crippen LogP contribution in [0.2, 0.25) is 0 Å². The first-order valence-corrected chi connectivity index (χ1v) is 8.09. The first-order chi connectivity index (χ1) is 10.6. The number of hydrogen-bond donors (Lipinski definition) is 3. The van der Waals surface area contributed by atoms with Crippen molar-refractivity contribution < 1.29 is 0 Å². The Labute approximate surface area is 129 Å². The SMILES string of the molecule is CC1(C)CNc2cc3c4c([nH]c3cc21)-c1[nH]ncc1CCC4. The lowest BCUT2D eigenvalue weighted by molar-refractivity contribution is 0.586. The Kier molecular flexibility index (Phi) is 2.21. The molecule has 4 heteroatoms. The largest absolute Gasteiger partial charge is 0.384 e. The molecule has 4 nitrogen and oxygen atoms in total. The Hall–Kier alpha value is -2.23. The highest BCUT2D eigenvalue weighted by atomic mass is 15.1. The Balaban J connectivity index is 1.81. The van der Waals surface area contributed by atoms with E-state index in [1.165, 1.54) is 51.1 Å². The molecule has 5 rings (SSSR count). The summed E-state index contributed by atoms with van der Waals surface area (Å²) in [5.74, 6) is 0. The number of nitrogens with one attached hydrogen (secondary N) is 3. The van der Waals surface area contributed by atoms with Crippen molar-refractivity contribution in [3.63, 3.8) is 0 Å². The minimum Gasteiger partial charge on any atom is -0.384 e. The molecular weight excluding hydrogens is 272 g/mol. The summed E-state index contributed by atoms with van der Waals surface area (Å²) in [5.41, 5.74) is 9.35. The average molecular weight is 292 g/mol. The van der Waals surface area contributed by atoms with Crippen LogP contribution < -0.4 is 5.32 Å². The summed E-state index contributed by atoms with van der Waals surface area (Å²) in [6, 6.07) is 4.69. The second-order valence-corrected chi connectivity index (χ2v) is 7.28. The van der Waals surface area contributed by atoms with Gasteiger partial charge in [-0.3, -0.25) is 5.10 Å². The number of nitrogens with zero attached hydrogens (tertiary/aromatic N) is 1. The zero-order chi connectivity index (χ0) is 14.9. The number of aromatic amines is 2. The van der Waals surface area contributed by atoms with Crippen LogP contribution in [0.5, 0.6) is 0 Å². The van der Waals surface area contributed by atoms with Gasteiger partial charge in [0.1, 0.15) is 0 Å². The molecule has 2 aliphatic rings. The smallest absolute Gasteiger partial charge is 0.0847 e. The van der Waals surface area contributed by atoms with Gasteiger partial charge in [0.05, 0.1) is 17.6 Å². The third-order valence-corrected chi connectivity index (χ3v) is 5.33. The van der Waals surface area contributed by atoms with Gasteiger partial charge >= 0.3 is 0 Å². The summed E-state index contributed by atoms with van der Waals surface area (Å²) in [6.07, 6.45) is 5.38. The average Bonchev–Trinajstić information content (AvgIpc) is 3.13. The lowest BCUT2D eigenvalue weighted by Gasteiger charge is -2.16. The second kappa shape index (κ2) is 3.94. The minimum absolute atomic E-state index is 0.200. The topological polar surface area (TPSA) is 56.5 Å². The monoisotopic (exact) mass is 292 g/mol. The molecule has 3 aromatic rings. The molecule has 0 spiro atoms. The van der Waals surface area contributed by atoms with Crippen LogP contribution in [0.4, 0.5) is 5.69 Å². The van der Waals surface area contributed by atoms with Gasteiger partial charge in [-0.1, -0.05) is 13.8 Å². The second-order valence-electron chi connectivity index (χ2n) is 7.28. The molecule has 0 radical (unpaired) electrons. The first kappa shape index (κ1) is 12.3. The van der Waals surface area contributed by atoms with Crippen LogP contribution >= 0.6 is 0 Å². The number of H-pyrrole nitrogens is 2. The molecule has 0 bridgehead atoms. The van der Waals surface area contributed by atoms with Crippen molar-refractivity contribution in [1.29, 1.82) is 0 Å². The zero-order valence-electron chi connectivity index (χ0n) is 13.0. The van der Waals surface area contributed by atoms with Gasteiger partial charge in [-0.2, -0.15) is 5.10 Å². The molecule has 0 unspecified atom stereocenters. The molecule has 3 heterocycles. The van der Waals surface area contributed by atoms with Gasteiger partial charge in [-0.05, 0) is 48.1 Å². The maximum Gasteiger partial charge on any atom is 0.0847 e. The highest BCUT2D eigenvalue weighted by molar-refractivity contribution is 5.94. The van der Waals surface area contributed by atoms with Crippen LogP contribution in [0.1, 0.15) is 37.0 Å². The van der Waals surface area contributed by atoms with E-state index in [9.17, 15) is 0 Å². The number of aryl methyl sites for hydroxylation is 2. The van der Waals surface area contributed by atoms with Crippen LogP contribution in [-0.2, 0) is 18.3 Å². The molecule has 0 fully saturated rings. The van der Waals surface area contributed by atoms with Crippen molar-refractivity contribution in [2.45, 2.75) is 38.5 Å². The number of benzene rings is 1. The fourth-order valence-electron chi connectivity index (χ4n) is 4.06. The Bertz CT molecular complexity index is 897. The van der Waals surface area contributed by atoms with Gasteiger partial charge in [0.2, 0.25) is 0 Å². The Morgan fingerprint density at radius 2 is 2.05 bits per heavy atom. The maximum absolute atomic E-state index is 4.24. The van der Waals surface area contributed by atoms with Crippen molar-refractivity contribution in [2.24, 2.45) is 0 Å². The summed E-state index contributed by atoms with van der Waals surface area (Å²) in [5, 5.41) is 12.4. The third kappa shape index (κ3) is 1.50. The number of aromatic nitrogens is 3. The lowest BCUT2D eigenvalue weighted by Crippen LogP contribution is -2.18. The molecule has 0 amide bonds. The molecule has 1 aliphatic heterocycles. The summed E-state index contributed by atoms with van der Waals surface area (Å²) in [4.78, 5) is 3.67. The number of fused-ring (bicyclic) bond motifs is 6. The predicted molar refractivity (Wildman–Crippen MR) is 89.4 cm³/mol. The highest BCUT2D eigenvalue weighted by Crippen LogP contribution is 2.42. The highest BCUT2D eigenvalue weighted by Gasteiger charge is 2.31. The lowest BCUT2D eigenvalue weighted by atomic mass is 9.86. The number of hydrogen-bond acceptors (Lipinski definition) is 2. The Morgan fingerprint density at radius 3 is 2.95 bits per heavy atom. The van der Waals surface area contributed by atoms with Crippen LogP contribution in [0.25, 0.3) is 22.3 Å². The van der Waals surface area contributed by atoms with Crippen LogP contribution in [0.3, 0.4) is 0 Å². The van der Waals surface area contributed by atoms with E-state index in [2.05, 4.69) is 46.5 Å². The van der Waals surface area contributed by atoms with Crippen molar-refractivity contribution in [1.82, 2.24) is 15.2 Å². The fraction of sp³-hybridized carbons (Fsp3) is 0.389. The van der Waals surface area contributed by atoms with Gasteiger partial charge in [-0.25, -0.2) is 0 Å². The van der Waals surface area contributed by atoms with Crippen LogP contribution in [0, 0.1) is 0 Å². The van der Waals surface area contributed by atoms with Gasteiger partial charge in [-0.15, -0.1) is 0 Å². The van der Waals surface area contributed by atoms with E-state index in [-0.39, 0.29) is 5.41 Å². The van der Waals surface area contributed by atoms with Gasteiger partial charge < -0.3 is 10.3 Å². The van der Waals surface area contributed by atoms with E-state index in [0.29, 0.717) is 0 Å². The third-order valence-electron chi connectivity index (χ3n) is 5.33. The molecule has 22 heavy (non-hydrogen) atoms. The van der Waals surface area contributed by atoms with Crippen LogP contribution in [-0.4, -0.2) is 21.7 Å². The fourth-order valence-corrected chi connectivity index (χ4v) is 4.06. The zero-order valence-corrected chi connectivity index (χ0v) is 13.0. The molecular formula is C18H20N4. The molecule has 3 N–H and O–H groups in total. The molecule has 1 aromatic carbocycles. The van der Waals surface area contributed by atoms with Crippen LogP contribution in [0.15, 0.2) is 18.3 Å². The van der Waals surface area contributed by atoms with E-state index in [4.69, 9.17) is 0 Å². The van der Waals surface area contributed by atoms with Crippen molar-refractivity contribution >= 4 is 16.6 Å². The number of anilines is 1.